The summed E-state index contributed by atoms with van der Waals surface area (Å²) in [4.78, 5) is 16.8. The van der Waals surface area contributed by atoms with E-state index in [9.17, 15) is 13.6 Å². The van der Waals surface area contributed by atoms with Crippen LogP contribution in [0.1, 0.15) is 17.3 Å². The highest BCUT2D eigenvalue weighted by Gasteiger charge is 2.19. The molecule has 1 aromatic heterocycles. The van der Waals surface area contributed by atoms with Crippen LogP contribution in [0.15, 0.2) is 12.3 Å². The molecule has 1 heterocycles. The van der Waals surface area contributed by atoms with E-state index in [0.29, 0.717) is 0 Å². The Morgan fingerprint density at radius 1 is 1.61 bits per heavy atom. The van der Waals surface area contributed by atoms with Crippen LogP contribution in [0.25, 0.3) is 0 Å². The summed E-state index contributed by atoms with van der Waals surface area (Å²) < 4.78 is 29.5. The van der Waals surface area contributed by atoms with Gasteiger partial charge in [0.25, 0.3) is 6.43 Å². The second-order valence-electron chi connectivity index (χ2n) is 3.63. The predicted molar refractivity (Wildman–Crippen MR) is 63.9 cm³/mol. The summed E-state index contributed by atoms with van der Waals surface area (Å²) in [5, 5.41) is 0. The number of carbonyl (C=O) groups is 1. The van der Waals surface area contributed by atoms with E-state index in [0.717, 1.165) is 0 Å². The van der Waals surface area contributed by atoms with Crippen LogP contribution in [0.2, 0.25) is 0 Å². The summed E-state index contributed by atoms with van der Waals surface area (Å²) in [6, 6.07) is 1.36. The Balaban J connectivity index is 3.06. The summed E-state index contributed by atoms with van der Waals surface area (Å²) >= 11 is 0. The maximum Gasteiger partial charge on any atom is 0.341 e. The summed E-state index contributed by atoms with van der Waals surface area (Å²) in [6.07, 6.45) is -1.22. The van der Waals surface area contributed by atoms with Crippen LogP contribution in [-0.2, 0) is 4.74 Å². The van der Waals surface area contributed by atoms with Crippen molar-refractivity contribution in [2.24, 2.45) is 0 Å². The zero-order valence-corrected chi connectivity index (χ0v) is 10.2. The van der Waals surface area contributed by atoms with Gasteiger partial charge in [0.05, 0.1) is 25.0 Å². The molecule has 0 unspecified atom stereocenters. The van der Waals surface area contributed by atoms with Crippen LogP contribution in [-0.4, -0.2) is 37.6 Å². The fraction of sp³-hybridized carbons (Fsp3) is 0.455. The van der Waals surface area contributed by atoms with E-state index in [1.165, 1.54) is 24.2 Å². The molecule has 7 heteroatoms. The van der Waals surface area contributed by atoms with Crippen molar-refractivity contribution in [1.29, 1.82) is 0 Å². The maximum atomic E-state index is 12.3. The van der Waals surface area contributed by atoms with Gasteiger partial charge in [-0.2, -0.15) is 0 Å². The Hall–Kier alpha value is -1.92. The first-order valence-electron chi connectivity index (χ1n) is 5.37. The summed E-state index contributed by atoms with van der Waals surface area (Å²) in [6.45, 7) is 1.31. The lowest BCUT2D eigenvalue weighted by molar-refractivity contribution is 0.0526. The summed E-state index contributed by atoms with van der Waals surface area (Å²) in [5.41, 5.74) is 5.88. The van der Waals surface area contributed by atoms with Gasteiger partial charge in [-0.15, -0.1) is 0 Å². The zero-order valence-electron chi connectivity index (χ0n) is 10.2. The molecule has 100 valence electrons. The van der Waals surface area contributed by atoms with Crippen molar-refractivity contribution in [2.75, 3.05) is 30.8 Å². The third kappa shape index (κ3) is 3.54. The molecule has 0 saturated heterocycles. The maximum absolute atomic E-state index is 12.3. The van der Waals surface area contributed by atoms with Crippen molar-refractivity contribution < 1.29 is 18.3 Å². The molecular weight excluding hydrogens is 244 g/mol. The minimum atomic E-state index is -2.52. The number of nitrogens with zero attached hydrogens (tertiary/aromatic N) is 2. The minimum Gasteiger partial charge on any atom is -0.462 e. The topological polar surface area (TPSA) is 68.5 Å². The molecule has 0 aliphatic rings. The molecule has 0 spiro atoms. The van der Waals surface area contributed by atoms with Crippen molar-refractivity contribution >= 4 is 17.5 Å². The molecule has 0 aromatic carbocycles. The smallest absolute Gasteiger partial charge is 0.341 e. The SMILES string of the molecule is CCOC(=O)c1cc(N)cnc1N(C)CC(F)F. The van der Waals surface area contributed by atoms with E-state index >= 15 is 0 Å². The van der Waals surface area contributed by atoms with Gasteiger partial charge in [0, 0.05) is 7.05 Å². The average molecular weight is 259 g/mol. The number of halogens is 2. The lowest BCUT2D eigenvalue weighted by atomic mass is 10.2. The first-order valence-corrected chi connectivity index (χ1v) is 5.37. The fourth-order valence-corrected chi connectivity index (χ4v) is 1.43. The number of hydrogen-bond donors (Lipinski definition) is 1. The lowest BCUT2D eigenvalue weighted by Crippen LogP contribution is -2.27. The number of anilines is 2. The number of ether oxygens (including phenoxy) is 1. The first kappa shape index (κ1) is 14.1. The number of aromatic nitrogens is 1. The van der Waals surface area contributed by atoms with Crippen LogP contribution in [0, 0.1) is 0 Å². The Kier molecular flexibility index (Phi) is 4.82. The van der Waals surface area contributed by atoms with Crippen LogP contribution in [0.4, 0.5) is 20.3 Å². The van der Waals surface area contributed by atoms with Crippen LogP contribution in [0.5, 0.6) is 0 Å². The van der Waals surface area contributed by atoms with Crippen LogP contribution < -0.4 is 10.6 Å². The summed E-state index contributed by atoms with van der Waals surface area (Å²) in [7, 11) is 1.42. The molecule has 0 aliphatic carbocycles. The standard InChI is InChI=1S/C11H15F2N3O2/c1-3-18-11(17)8-4-7(14)5-15-10(8)16(2)6-9(12)13/h4-5,9H,3,6,14H2,1-2H3. The van der Waals surface area contributed by atoms with Gasteiger partial charge < -0.3 is 15.4 Å². The minimum absolute atomic E-state index is 0.0833. The van der Waals surface area contributed by atoms with E-state index < -0.39 is 18.9 Å². The molecular formula is C11H15F2N3O2. The molecule has 0 amide bonds. The second kappa shape index (κ2) is 6.13. The van der Waals surface area contributed by atoms with Crippen molar-refractivity contribution in [3.8, 4) is 0 Å². The average Bonchev–Trinajstić information content (AvgIpc) is 2.28. The van der Waals surface area contributed by atoms with E-state index in [1.807, 2.05) is 0 Å². The van der Waals surface area contributed by atoms with Gasteiger partial charge in [-0.05, 0) is 13.0 Å². The third-order valence-corrected chi connectivity index (χ3v) is 2.16. The molecule has 0 radical (unpaired) electrons. The van der Waals surface area contributed by atoms with Gasteiger partial charge in [0.15, 0.2) is 0 Å². The molecule has 0 fully saturated rings. The highest BCUT2D eigenvalue weighted by Crippen LogP contribution is 2.20. The molecule has 0 saturated carbocycles. The van der Waals surface area contributed by atoms with E-state index in [4.69, 9.17) is 10.5 Å². The number of esters is 1. The fourth-order valence-electron chi connectivity index (χ4n) is 1.43. The normalized spacial score (nSPS) is 10.5. The Morgan fingerprint density at radius 2 is 2.28 bits per heavy atom. The van der Waals surface area contributed by atoms with Gasteiger partial charge in [-0.1, -0.05) is 0 Å². The van der Waals surface area contributed by atoms with E-state index in [2.05, 4.69) is 4.98 Å². The summed E-state index contributed by atoms with van der Waals surface area (Å²) in [5.74, 6) is -0.503. The quantitative estimate of drug-likeness (QED) is 0.812. The molecule has 18 heavy (non-hydrogen) atoms. The van der Waals surface area contributed by atoms with Crippen molar-refractivity contribution in [2.45, 2.75) is 13.3 Å². The van der Waals surface area contributed by atoms with Crippen LogP contribution in [0.3, 0.4) is 0 Å². The Morgan fingerprint density at radius 3 is 2.83 bits per heavy atom. The van der Waals surface area contributed by atoms with Gasteiger partial charge in [0.1, 0.15) is 11.4 Å². The van der Waals surface area contributed by atoms with E-state index in [-0.39, 0.29) is 23.7 Å². The largest absolute Gasteiger partial charge is 0.462 e. The highest BCUT2D eigenvalue weighted by molar-refractivity contribution is 5.95. The number of carbonyl (C=O) groups excluding carboxylic acids is 1. The molecule has 0 atom stereocenters. The van der Waals surface area contributed by atoms with Crippen molar-refractivity contribution in [3.63, 3.8) is 0 Å². The monoisotopic (exact) mass is 259 g/mol. The number of alkyl halides is 2. The number of nitrogen functional groups attached to an aromatic ring is 1. The third-order valence-electron chi connectivity index (χ3n) is 2.16. The van der Waals surface area contributed by atoms with Gasteiger partial charge >= 0.3 is 5.97 Å². The molecule has 1 rings (SSSR count). The van der Waals surface area contributed by atoms with Crippen molar-refractivity contribution in [3.05, 3.63) is 17.8 Å². The van der Waals surface area contributed by atoms with Gasteiger partial charge in [-0.3, -0.25) is 0 Å². The molecule has 2 N–H and O–H groups in total. The van der Waals surface area contributed by atoms with Gasteiger partial charge in [-0.25, -0.2) is 18.6 Å². The van der Waals surface area contributed by atoms with Crippen LogP contribution >= 0.6 is 0 Å². The Bertz CT molecular complexity index is 427. The second-order valence-corrected chi connectivity index (χ2v) is 3.63. The molecule has 1 aromatic rings. The van der Waals surface area contributed by atoms with Gasteiger partial charge in [0.2, 0.25) is 0 Å². The predicted octanol–water partition coefficient (Wildman–Crippen LogP) is 1.54. The molecule has 0 aliphatic heterocycles. The number of hydrogen-bond acceptors (Lipinski definition) is 5. The zero-order chi connectivity index (χ0) is 13.7. The number of pyridine rings is 1. The molecule has 5 nitrogen and oxygen atoms in total. The number of rotatable bonds is 5. The Labute approximate surface area is 104 Å². The van der Waals surface area contributed by atoms with E-state index in [1.54, 1.807) is 6.92 Å². The molecule has 0 bridgehead atoms. The van der Waals surface area contributed by atoms with Crippen molar-refractivity contribution in [1.82, 2.24) is 4.98 Å². The lowest BCUT2D eigenvalue weighted by Gasteiger charge is -2.20. The first-order chi connectivity index (χ1) is 8.45. The highest BCUT2D eigenvalue weighted by atomic mass is 19.3. The number of nitrogens with two attached hydrogens (primary N) is 1.